The van der Waals surface area contributed by atoms with Crippen LogP contribution in [0, 0.1) is 0 Å². The first kappa shape index (κ1) is 17.7. The molecule has 24 heavy (non-hydrogen) atoms. The van der Waals surface area contributed by atoms with Crippen LogP contribution >= 0.6 is 11.6 Å². The highest BCUT2D eigenvalue weighted by atomic mass is 35.5. The zero-order chi connectivity index (χ0) is 17.4. The van der Waals surface area contributed by atoms with E-state index in [0.29, 0.717) is 24.4 Å². The molecule has 2 fully saturated rings. The van der Waals surface area contributed by atoms with Crippen LogP contribution in [0.4, 0.5) is 0 Å². The maximum atomic E-state index is 13.4. The minimum atomic E-state index is -3.74. The van der Waals surface area contributed by atoms with Crippen molar-refractivity contribution in [3.8, 4) is 0 Å². The van der Waals surface area contributed by atoms with Crippen LogP contribution in [0.2, 0.25) is 5.02 Å². The summed E-state index contributed by atoms with van der Waals surface area (Å²) in [6.07, 6.45) is 5.39. The molecule has 1 aromatic rings. The number of halogens is 1. The van der Waals surface area contributed by atoms with E-state index in [9.17, 15) is 13.2 Å². The molecule has 1 saturated heterocycles. The molecule has 3 rings (SSSR count). The van der Waals surface area contributed by atoms with Crippen LogP contribution in [0.25, 0.3) is 0 Å². The molecule has 1 saturated carbocycles. The van der Waals surface area contributed by atoms with Crippen molar-refractivity contribution in [2.75, 3.05) is 6.54 Å². The molecule has 1 aromatic carbocycles. The van der Waals surface area contributed by atoms with Crippen molar-refractivity contribution >= 4 is 27.3 Å². The molecule has 0 spiro atoms. The van der Waals surface area contributed by atoms with Gasteiger partial charge in [-0.15, -0.1) is 0 Å². The second-order valence-corrected chi connectivity index (χ2v) is 9.70. The van der Waals surface area contributed by atoms with Gasteiger partial charge in [-0.1, -0.05) is 24.4 Å². The highest BCUT2D eigenvalue weighted by Gasteiger charge is 2.55. The van der Waals surface area contributed by atoms with Crippen LogP contribution in [-0.4, -0.2) is 36.6 Å². The lowest BCUT2D eigenvalue weighted by Crippen LogP contribution is -2.55. The lowest BCUT2D eigenvalue weighted by Gasteiger charge is -2.39. The molecule has 1 atom stereocenters. The van der Waals surface area contributed by atoms with Gasteiger partial charge in [-0.05, 0) is 63.3 Å². The molecule has 0 radical (unpaired) electrons. The lowest BCUT2D eigenvalue weighted by molar-refractivity contribution is -0.137. The van der Waals surface area contributed by atoms with Crippen molar-refractivity contribution in [3.63, 3.8) is 0 Å². The van der Waals surface area contributed by atoms with Crippen LogP contribution in [0.3, 0.4) is 0 Å². The van der Waals surface area contributed by atoms with E-state index in [-0.39, 0.29) is 16.8 Å². The Hall–Kier alpha value is -1.07. The molecule has 1 heterocycles. The summed E-state index contributed by atoms with van der Waals surface area (Å²) in [4.78, 5) is 15.3. The number of nitrogens with zero attached hydrogens (tertiary/aromatic N) is 1. The van der Waals surface area contributed by atoms with Crippen molar-refractivity contribution in [3.05, 3.63) is 29.3 Å². The topological polar surface area (TPSA) is 54.5 Å². The molecule has 1 aliphatic carbocycles. The largest absolute Gasteiger partial charge is 0.339 e. The highest BCUT2D eigenvalue weighted by Crippen LogP contribution is 2.43. The molecule has 0 N–H and O–H groups in total. The predicted octanol–water partition coefficient (Wildman–Crippen LogP) is 3.83. The zero-order valence-corrected chi connectivity index (χ0v) is 15.6. The van der Waals surface area contributed by atoms with E-state index in [2.05, 4.69) is 0 Å². The van der Waals surface area contributed by atoms with Crippen molar-refractivity contribution in [1.29, 1.82) is 0 Å². The fourth-order valence-electron chi connectivity index (χ4n) is 4.04. The Labute approximate surface area is 149 Å². The van der Waals surface area contributed by atoms with Crippen LogP contribution in [0.1, 0.15) is 51.9 Å². The summed E-state index contributed by atoms with van der Waals surface area (Å²) in [5.41, 5.74) is 0. The van der Waals surface area contributed by atoms with E-state index >= 15 is 0 Å². The first-order valence-electron chi connectivity index (χ1n) is 8.70. The van der Waals surface area contributed by atoms with Gasteiger partial charge in [0.1, 0.15) is 0 Å². The summed E-state index contributed by atoms with van der Waals surface area (Å²) in [6.45, 7) is 2.69. The highest BCUT2D eigenvalue weighted by molar-refractivity contribution is 7.93. The van der Waals surface area contributed by atoms with Crippen molar-refractivity contribution < 1.29 is 13.2 Å². The van der Waals surface area contributed by atoms with Crippen LogP contribution in [0.15, 0.2) is 29.2 Å². The monoisotopic (exact) mass is 369 g/mol. The number of hydrogen-bond donors (Lipinski definition) is 0. The van der Waals surface area contributed by atoms with E-state index in [4.69, 9.17) is 11.6 Å². The third-order valence-corrected chi connectivity index (χ3v) is 8.26. The normalized spacial score (nSPS) is 24.1. The Kier molecular flexibility index (Phi) is 4.94. The average molecular weight is 370 g/mol. The fraction of sp³-hybridized carbons (Fsp3) is 0.611. The van der Waals surface area contributed by atoms with Gasteiger partial charge in [-0.2, -0.15) is 0 Å². The Balaban J connectivity index is 2.01. The lowest BCUT2D eigenvalue weighted by atomic mass is 9.98. The average Bonchev–Trinajstić information content (AvgIpc) is 3.06. The van der Waals surface area contributed by atoms with Gasteiger partial charge in [0, 0.05) is 17.6 Å². The summed E-state index contributed by atoms with van der Waals surface area (Å²) in [6, 6.07) is 6.30. The van der Waals surface area contributed by atoms with Crippen LogP contribution in [0.5, 0.6) is 0 Å². The maximum absolute atomic E-state index is 13.4. The molecule has 4 nitrogen and oxygen atoms in total. The molecular weight excluding hydrogens is 346 g/mol. The first-order valence-corrected chi connectivity index (χ1v) is 10.6. The Bertz CT molecular complexity index is 708. The maximum Gasteiger partial charge on any atom is 0.244 e. The molecular formula is C18H24ClNO3S. The molecule has 2 aliphatic rings. The minimum absolute atomic E-state index is 0.115. The Morgan fingerprint density at radius 2 is 1.75 bits per heavy atom. The predicted molar refractivity (Wildman–Crippen MR) is 94.9 cm³/mol. The van der Waals surface area contributed by atoms with E-state index in [1.807, 2.05) is 11.8 Å². The van der Waals surface area contributed by atoms with Gasteiger partial charge in [-0.25, -0.2) is 8.42 Å². The summed E-state index contributed by atoms with van der Waals surface area (Å²) in [5, 5.41) is 0.491. The number of likely N-dealkylation sites (tertiary alicyclic amines) is 1. The van der Waals surface area contributed by atoms with Gasteiger partial charge in [0.05, 0.1) is 4.90 Å². The third kappa shape index (κ3) is 2.86. The van der Waals surface area contributed by atoms with Crippen molar-refractivity contribution in [2.45, 2.75) is 67.6 Å². The van der Waals surface area contributed by atoms with Gasteiger partial charge in [-0.3, -0.25) is 4.79 Å². The summed E-state index contributed by atoms with van der Waals surface area (Å²) in [5.74, 6) is -0.192. The summed E-state index contributed by atoms with van der Waals surface area (Å²) < 4.78 is 25.4. The van der Waals surface area contributed by atoms with Gasteiger partial charge < -0.3 is 4.90 Å². The summed E-state index contributed by atoms with van der Waals surface area (Å²) >= 11 is 5.89. The zero-order valence-electron chi connectivity index (χ0n) is 14.0. The smallest absolute Gasteiger partial charge is 0.244 e. The Morgan fingerprint density at radius 1 is 1.12 bits per heavy atom. The van der Waals surface area contributed by atoms with Crippen molar-refractivity contribution in [2.24, 2.45) is 0 Å². The number of carbonyl (C=O) groups excluding carboxylic acids is 1. The number of sulfone groups is 1. The molecule has 0 aromatic heterocycles. The summed E-state index contributed by atoms with van der Waals surface area (Å²) in [7, 11) is -3.74. The van der Waals surface area contributed by atoms with Crippen molar-refractivity contribution in [1.82, 2.24) is 4.90 Å². The number of benzene rings is 1. The minimum Gasteiger partial charge on any atom is -0.339 e. The number of piperidine rings is 1. The fourth-order valence-corrected chi connectivity index (χ4v) is 6.29. The van der Waals surface area contributed by atoms with E-state index in [0.717, 1.165) is 32.1 Å². The standard InChI is InChI=1S/C18H24ClNO3S/c1-14-6-2-5-13-20(14)17(21)18(11-3-4-12-18)24(22,23)16-9-7-15(19)8-10-16/h7-10,14H,2-6,11-13H2,1H3. The van der Waals surface area contributed by atoms with E-state index < -0.39 is 14.6 Å². The van der Waals surface area contributed by atoms with Crippen LogP contribution < -0.4 is 0 Å². The number of carbonyl (C=O) groups is 1. The molecule has 6 heteroatoms. The SMILES string of the molecule is CC1CCCCN1C(=O)C1(S(=O)(=O)c2ccc(Cl)cc2)CCCC1. The van der Waals surface area contributed by atoms with Crippen LogP contribution in [-0.2, 0) is 14.6 Å². The second-order valence-electron chi connectivity index (χ2n) is 7.00. The second kappa shape index (κ2) is 6.68. The Morgan fingerprint density at radius 3 is 2.33 bits per heavy atom. The van der Waals surface area contributed by atoms with Gasteiger partial charge in [0.15, 0.2) is 14.6 Å². The number of amides is 1. The molecule has 0 bridgehead atoms. The quantitative estimate of drug-likeness (QED) is 0.813. The molecule has 132 valence electrons. The molecule has 1 unspecified atom stereocenters. The van der Waals surface area contributed by atoms with Gasteiger partial charge >= 0.3 is 0 Å². The van der Waals surface area contributed by atoms with Gasteiger partial charge in [0.25, 0.3) is 0 Å². The number of rotatable bonds is 3. The molecule has 1 aliphatic heterocycles. The van der Waals surface area contributed by atoms with Gasteiger partial charge in [0.2, 0.25) is 5.91 Å². The van der Waals surface area contributed by atoms with E-state index in [1.54, 1.807) is 12.1 Å². The van der Waals surface area contributed by atoms with E-state index in [1.165, 1.54) is 12.1 Å². The third-order valence-electron chi connectivity index (χ3n) is 5.50. The number of hydrogen-bond acceptors (Lipinski definition) is 3. The molecule has 1 amide bonds. The first-order chi connectivity index (χ1) is 11.4.